The summed E-state index contributed by atoms with van der Waals surface area (Å²) >= 11 is 1.80. The monoisotopic (exact) mass is 716 g/mol. The van der Waals surface area contributed by atoms with E-state index in [9.17, 15) is 44.7 Å². The van der Waals surface area contributed by atoms with Crippen molar-refractivity contribution < 1.29 is 53.6 Å². The Morgan fingerprint density at radius 1 is 0.902 bits per heavy atom. The summed E-state index contributed by atoms with van der Waals surface area (Å²) in [6.07, 6.45) is -11.7. The minimum atomic E-state index is -6.03. The smallest absolute Gasteiger partial charge is 0.430 e. The second kappa shape index (κ2) is 12.3. The summed E-state index contributed by atoms with van der Waals surface area (Å²) in [4.78, 5) is 12.5. The van der Waals surface area contributed by atoms with Crippen LogP contribution in [0.1, 0.15) is 40.4 Å². The number of hydrogen-bond donors (Lipinski definition) is 1. The minimum absolute atomic E-state index is 0.0115. The summed E-state index contributed by atoms with van der Waals surface area (Å²) in [7, 11) is -4.19. The lowest BCUT2D eigenvalue weighted by Gasteiger charge is -2.33. The molecule has 0 fully saturated rings. The number of ether oxygens (including phenoxy) is 1. The predicted octanol–water partition coefficient (Wildman–Crippen LogP) is 7.24. The third-order valence-corrected chi connectivity index (χ3v) is 8.07. The quantitative estimate of drug-likeness (QED) is 0.103. The van der Waals surface area contributed by atoms with Gasteiger partial charge in [-0.1, -0.05) is 37.1 Å². The van der Waals surface area contributed by atoms with Gasteiger partial charge in [0.05, 0.1) is 8.47 Å². The average Bonchev–Trinajstić information content (AvgIpc) is 2.88. The molecule has 41 heavy (non-hydrogen) atoms. The molecule has 0 atom stereocenters. The molecule has 0 bridgehead atoms. The van der Waals surface area contributed by atoms with Crippen molar-refractivity contribution in [3.8, 4) is 11.5 Å². The first-order valence-corrected chi connectivity index (χ1v) is 14.4. The molecular weight excluding hydrogens is 693 g/mol. The molecular formula is C27H23F6IO6S. The molecule has 3 rings (SSSR count). The molecule has 0 saturated heterocycles. The van der Waals surface area contributed by atoms with Crippen molar-refractivity contribution in [2.24, 2.45) is 0 Å². The van der Waals surface area contributed by atoms with Gasteiger partial charge in [0.15, 0.2) is 5.78 Å². The molecule has 222 valence electrons. The van der Waals surface area contributed by atoms with Gasteiger partial charge in [-0.05, 0) is 84.0 Å². The molecule has 14 heteroatoms. The number of benzene rings is 3. The summed E-state index contributed by atoms with van der Waals surface area (Å²) < 4.78 is 116. The van der Waals surface area contributed by atoms with Gasteiger partial charge in [0.25, 0.3) is 15.7 Å². The fourth-order valence-electron chi connectivity index (χ4n) is 3.72. The third-order valence-electron chi connectivity index (χ3n) is 5.95. The maximum Gasteiger partial charge on any atom is 0.430 e. The van der Waals surface area contributed by atoms with E-state index in [1.165, 1.54) is 30.3 Å². The Bertz CT molecular complexity index is 1500. The standard InChI is InChI=1S/C27H23F6IO6S/c1-3-4-18-13-19(25(36,26(28,29)30)27(31,32)33)8-12-23(18)40-24-11-7-17(14-21(24)34)22(35)15-39-41(37,38)20-9-5-16(2)6-10-20/h5-14,36H,3-4,15H2,1-2H3. The van der Waals surface area contributed by atoms with E-state index in [4.69, 9.17) is 8.92 Å². The topological polar surface area (TPSA) is 89.9 Å². The first kappa shape index (κ1) is 32.8. The molecule has 0 heterocycles. The molecule has 0 radical (unpaired) electrons. The molecule has 0 saturated carbocycles. The minimum Gasteiger partial charge on any atom is -0.456 e. The zero-order valence-corrected chi connectivity index (χ0v) is 24.4. The van der Waals surface area contributed by atoms with Gasteiger partial charge < -0.3 is 9.84 Å². The lowest BCUT2D eigenvalue weighted by molar-refractivity contribution is -0.376. The summed E-state index contributed by atoms with van der Waals surface area (Å²) in [5.41, 5.74) is -5.58. The molecule has 0 aliphatic rings. The molecule has 0 aromatic heterocycles. The van der Waals surface area contributed by atoms with Crippen molar-refractivity contribution in [1.29, 1.82) is 0 Å². The largest absolute Gasteiger partial charge is 0.456 e. The van der Waals surface area contributed by atoms with Crippen LogP contribution in [0.4, 0.5) is 26.3 Å². The number of aryl methyl sites for hydroxylation is 2. The van der Waals surface area contributed by atoms with Crippen LogP contribution in [0.3, 0.4) is 0 Å². The molecule has 0 aliphatic carbocycles. The van der Waals surface area contributed by atoms with Crippen molar-refractivity contribution in [3.63, 3.8) is 0 Å². The van der Waals surface area contributed by atoms with Crippen LogP contribution in [-0.2, 0) is 26.3 Å². The van der Waals surface area contributed by atoms with E-state index in [-0.39, 0.29) is 33.9 Å². The molecule has 3 aromatic carbocycles. The third kappa shape index (κ3) is 7.21. The van der Waals surface area contributed by atoms with Gasteiger partial charge in [0, 0.05) is 11.1 Å². The lowest BCUT2D eigenvalue weighted by Crippen LogP contribution is -2.53. The molecule has 1 N–H and O–H groups in total. The van der Waals surface area contributed by atoms with Crippen molar-refractivity contribution in [3.05, 3.63) is 86.5 Å². The van der Waals surface area contributed by atoms with Gasteiger partial charge in [-0.15, -0.1) is 0 Å². The first-order chi connectivity index (χ1) is 18.9. The Labute approximate surface area is 245 Å². The summed E-state index contributed by atoms with van der Waals surface area (Å²) in [6, 6.07) is 11.9. The van der Waals surface area contributed by atoms with Gasteiger partial charge >= 0.3 is 12.4 Å². The number of rotatable bonds is 10. The molecule has 0 spiro atoms. The zero-order valence-electron chi connectivity index (χ0n) is 21.4. The summed E-state index contributed by atoms with van der Waals surface area (Å²) in [5.74, 6) is -0.589. The number of carbonyl (C=O) groups is 1. The van der Waals surface area contributed by atoms with E-state index < -0.39 is 46.0 Å². The first-order valence-electron chi connectivity index (χ1n) is 11.9. The Morgan fingerprint density at radius 2 is 1.49 bits per heavy atom. The number of carbonyl (C=O) groups excluding carboxylic acids is 1. The normalized spacial score (nSPS) is 12.8. The number of ketones is 1. The van der Waals surface area contributed by atoms with Crippen LogP contribution in [0.25, 0.3) is 0 Å². The number of Topliss-reactive ketones (excluding diaryl/α,β-unsaturated/α-hetero) is 1. The number of alkyl halides is 6. The molecule has 0 unspecified atom stereocenters. The van der Waals surface area contributed by atoms with Gasteiger partial charge in [0.1, 0.15) is 18.1 Å². The van der Waals surface area contributed by atoms with Crippen LogP contribution in [-0.4, -0.2) is 38.3 Å². The van der Waals surface area contributed by atoms with Crippen LogP contribution >= 0.6 is 22.6 Å². The van der Waals surface area contributed by atoms with E-state index in [0.717, 1.165) is 11.6 Å². The summed E-state index contributed by atoms with van der Waals surface area (Å²) in [6.45, 7) is 2.65. The van der Waals surface area contributed by atoms with Gasteiger partial charge in [-0.3, -0.25) is 8.98 Å². The number of halogens is 7. The maximum atomic E-state index is 13.4. The predicted molar refractivity (Wildman–Crippen MR) is 144 cm³/mol. The zero-order chi connectivity index (χ0) is 30.8. The average molecular weight is 716 g/mol. The summed E-state index contributed by atoms with van der Waals surface area (Å²) in [5, 5.41) is 9.75. The van der Waals surface area contributed by atoms with E-state index in [2.05, 4.69) is 0 Å². The number of aliphatic hydroxyl groups is 1. The Kier molecular flexibility index (Phi) is 9.82. The maximum absolute atomic E-state index is 13.4. The van der Waals surface area contributed by atoms with E-state index in [1.807, 2.05) is 0 Å². The van der Waals surface area contributed by atoms with Gasteiger partial charge in [0.2, 0.25) is 0 Å². The van der Waals surface area contributed by atoms with Crippen LogP contribution in [0, 0.1) is 10.5 Å². The van der Waals surface area contributed by atoms with Gasteiger partial charge in [-0.2, -0.15) is 34.8 Å². The number of hydrogen-bond acceptors (Lipinski definition) is 6. The highest BCUT2D eigenvalue weighted by atomic mass is 127. The van der Waals surface area contributed by atoms with Crippen LogP contribution in [0.2, 0.25) is 0 Å². The van der Waals surface area contributed by atoms with Crippen LogP contribution in [0.15, 0.2) is 65.6 Å². The van der Waals surface area contributed by atoms with E-state index in [1.54, 1.807) is 48.6 Å². The SMILES string of the molecule is CCCc1cc(C(O)(C(F)(F)F)C(F)(F)F)ccc1Oc1ccc(C(=O)COS(=O)(=O)c2ccc(C)cc2)cc1I. The van der Waals surface area contributed by atoms with Crippen molar-refractivity contribution in [1.82, 2.24) is 0 Å². The Hall–Kier alpha value is -2.69. The fourth-order valence-corrected chi connectivity index (χ4v) is 5.21. The van der Waals surface area contributed by atoms with Crippen LogP contribution in [0.5, 0.6) is 11.5 Å². The highest BCUT2D eigenvalue weighted by Gasteiger charge is 2.71. The Balaban J connectivity index is 1.83. The lowest BCUT2D eigenvalue weighted by atomic mass is 9.90. The van der Waals surface area contributed by atoms with E-state index >= 15 is 0 Å². The van der Waals surface area contributed by atoms with Gasteiger partial charge in [-0.25, -0.2) is 0 Å². The fraction of sp³-hybridized carbons (Fsp3) is 0.296. The molecule has 3 aromatic rings. The van der Waals surface area contributed by atoms with Crippen molar-refractivity contribution >= 4 is 38.5 Å². The second-order valence-electron chi connectivity index (χ2n) is 8.98. The molecule has 0 aliphatic heterocycles. The van der Waals surface area contributed by atoms with Crippen LogP contribution < -0.4 is 4.74 Å². The van der Waals surface area contributed by atoms with Crippen molar-refractivity contribution in [2.75, 3.05) is 6.61 Å². The molecule has 0 amide bonds. The second-order valence-corrected chi connectivity index (χ2v) is 11.8. The molecule has 6 nitrogen and oxygen atoms in total. The highest BCUT2D eigenvalue weighted by molar-refractivity contribution is 14.1. The highest BCUT2D eigenvalue weighted by Crippen LogP contribution is 2.50. The Morgan fingerprint density at radius 3 is 2.02 bits per heavy atom. The van der Waals surface area contributed by atoms with Crippen molar-refractivity contribution in [2.45, 2.75) is 49.5 Å². The van der Waals surface area contributed by atoms with E-state index in [0.29, 0.717) is 22.1 Å².